The van der Waals surface area contributed by atoms with Gasteiger partial charge in [-0.25, -0.2) is 0 Å². The van der Waals surface area contributed by atoms with Gasteiger partial charge >= 0.3 is 0 Å². The van der Waals surface area contributed by atoms with E-state index >= 15 is 0 Å². The number of hydrogen-bond acceptors (Lipinski definition) is 4. The molecule has 0 aliphatic rings. The summed E-state index contributed by atoms with van der Waals surface area (Å²) in [7, 11) is 14.4. The quantitative estimate of drug-likeness (QED) is 0.717. The number of nitrogens with zero attached hydrogens (tertiary/aromatic N) is 4. The fraction of sp³-hybridized carbons (Fsp3) is 0.846. The molecule has 19 heavy (non-hydrogen) atoms. The van der Waals surface area contributed by atoms with Gasteiger partial charge in [0.15, 0.2) is 8.40 Å². The summed E-state index contributed by atoms with van der Waals surface area (Å²) >= 11 is 0. The van der Waals surface area contributed by atoms with Crippen molar-refractivity contribution in [2.45, 2.75) is 19.6 Å². The van der Waals surface area contributed by atoms with E-state index in [1.165, 1.54) is 0 Å². The molecule has 0 rings (SSSR count). The minimum absolute atomic E-state index is 1.19. The SMILES string of the molecule is C=C[Si](C)(N(C)C)N(C)C.CN(C)[Si](C)(C)N(C)C. The third-order valence-electron chi connectivity index (χ3n) is 4.39. The lowest BCUT2D eigenvalue weighted by Gasteiger charge is -2.36. The van der Waals surface area contributed by atoms with Crippen molar-refractivity contribution in [2.75, 3.05) is 56.4 Å². The van der Waals surface area contributed by atoms with Gasteiger partial charge in [-0.3, -0.25) is 0 Å². The molecule has 0 unspecified atom stereocenters. The second-order valence-electron chi connectivity index (χ2n) is 6.37. The van der Waals surface area contributed by atoms with Crippen LogP contribution in [0.4, 0.5) is 0 Å². The summed E-state index contributed by atoms with van der Waals surface area (Å²) in [5.74, 6) is 0. The molecule has 0 heterocycles. The van der Waals surface area contributed by atoms with Crippen LogP contribution in [0.15, 0.2) is 12.3 Å². The predicted molar refractivity (Wildman–Crippen MR) is 94.0 cm³/mol. The van der Waals surface area contributed by atoms with Crippen molar-refractivity contribution in [1.82, 2.24) is 18.3 Å². The molecule has 0 aromatic rings. The summed E-state index contributed by atoms with van der Waals surface area (Å²) in [6.07, 6.45) is 0. The van der Waals surface area contributed by atoms with Crippen LogP contribution in [0.5, 0.6) is 0 Å². The van der Waals surface area contributed by atoms with E-state index in [1.807, 2.05) is 0 Å². The fourth-order valence-electron chi connectivity index (χ4n) is 1.17. The summed E-state index contributed by atoms with van der Waals surface area (Å²) in [5.41, 5.74) is 2.08. The third-order valence-corrected chi connectivity index (χ3v) is 13.2. The van der Waals surface area contributed by atoms with Crippen molar-refractivity contribution in [1.29, 1.82) is 0 Å². The minimum atomic E-state index is -1.45. The van der Waals surface area contributed by atoms with Crippen LogP contribution in [-0.2, 0) is 0 Å². The molecule has 0 aromatic carbocycles. The van der Waals surface area contributed by atoms with E-state index < -0.39 is 16.8 Å². The van der Waals surface area contributed by atoms with Crippen LogP contribution in [0.3, 0.4) is 0 Å². The zero-order valence-electron chi connectivity index (χ0n) is 15.1. The summed E-state index contributed by atoms with van der Waals surface area (Å²) < 4.78 is 9.18. The Labute approximate surface area is 124 Å². The van der Waals surface area contributed by atoms with E-state index in [4.69, 9.17) is 0 Å². The van der Waals surface area contributed by atoms with Gasteiger partial charge in [0.25, 0.3) is 0 Å². The van der Waals surface area contributed by atoms with Crippen molar-refractivity contribution in [3.05, 3.63) is 12.3 Å². The molecular formula is C13H36N4Si2. The molecular weight excluding hydrogens is 268 g/mol. The van der Waals surface area contributed by atoms with E-state index in [0.29, 0.717) is 0 Å². The van der Waals surface area contributed by atoms with Gasteiger partial charge in [0.1, 0.15) is 0 Å². The standard InChI is InChI=1S/C7H18N2Si.C6H18N2Si/c1-7-10(6,8(2)3)9(4)5;1-7(2)9(5,6)8(3)4/h7H,1H2,2-6H3;1-6H3. The third kappa shape index (κ3) is 6.33. The molecule has 0 amide bonds. The van der Waals surface area contributed by atoms with Crippen molar-refractivity contribution < 1.29 is 0 Å². The van der Waals surface area contributed by atoms with E-state index in [1.54, 1.807) is 0 Å². The van der Waals surface area contributed by atoms with Crippen LogP contribution < -0.4 is 0 Å². The Morgan fingerprint density at radius 1 is 0.632 bits per heavy atom. The topological polar surface area (TPSA) is 13.0 Å². The van der Waals surface area contributed by atoms with Crippen molar-refractivity contribution in [3.63, 3.8) is 0 Å². The Morgan fingerprint density at radius 2 is 0.895 bits per heavy atom. The molecule has 0 fully saturated rings. The van der Waals surface area contributed by atoms with Gasteiger partial charge < -0.3 is 18.3 Å². The van der Waals surface area contributed by atoms with Crippen molar-refractivity contribution in [3.8, 4) is 0 Å². The number of hydrogen-bond donors (Lipinski definition) is 0. The maximum atomic E-state index is 3.85. The van der Waals surface area contributed by atoms with Crippen LogP contribution in [0.1, 0.15) is 0 Å². The van der Waals surface area contributed by atoms with Crippen molar-refractivity contribution >= 4 is 16.8 Å². The molecule has 0 radical (unpaired) electrons. The molecule has 0 spiro atoms. The highest BCUT2D eigenvalue weighted by molar-refractivity contribution is 6.77. The second kappa shape index (κ2) is 8.33. The van der Waals surface area contributed by atoms with Gasteiger partial charge in [-0.15, -0.1) is 6.58 Å². The first kappa shape index (κ1) is 21.3. The van der Waals surface area contributed by atoms with Crippen LogP contribution >= 0.6 is 0 Å². The van der Waals surface area contributed by atoms with E-state index in [2.05, 4.69) is 107 Å². The molecule has 0 bridgehead atoms. The lowest BCUT2D eigenvalue weighted by Crippen LogP contribution is -2.56. The van der Waals surface area contributed by atoms with Crippen molar-refractivity contribution in [2.24, 2.45) is 0 Å². The summed E-state index contributed by atoms with van der Waals surface area (Å²) in [6.45, 7) is 10.8. The van der Waals surface area contributed by atoms with Gasteiger partial charge in [0, 0.05) is 0 Å². The molecule has 0 saturated heterocycles. The molecule has 6 heteroatoms. The summed E-state index contributed by atoms with van der Waals surface area (Å²) in [6, 6.07) is 0. The highest BCUT2D eigenvalue weighted by Crippen LogP contribution is 2.08. The zero-order chi connectivity index (χ0) is 16.0. The minimum Gasteiger partial charge on any atom is -0.317 e. The highest BCUT2D eigenvalue weighted by Gasteiger charge is 2.29. The fourth-order valence-corrected chi connectivity index (χ4v) is 3.50. The van der Waals surface area contributed by atoms with E-state index in [-0.39, 0.29) is 0 Å². The molecule has 0 aromatic heterocycles. The second-order valence-corrected chi connectivity index (χ2v) is 15.5. The molecule has 4 nitrogen and oxygen atoms in total. The summed E-state index contributed by atoms with van der Waals surface area (Å²) in [5, 5.41) is 0. The smallest absolute Gasteiger partial charge is 0.227 e. The molecule has 0 atom stereocenters. The van der Waals surface area contributed by atoms with E-state index in [0.717, 1.165) is 0 Å². The average molecular weight is 305 g/mol. The van der Waals surface area contributed by atoms with Gasteiger partial charge in [0.2, 0.25) is 8.40 Å². The lowest BCUT2D eigenvalue weighted by molar-refractivity contribution is 0.495. The first-order valence-corrected chi connectivity index (χ1v) is 12.0. The van der Waals surface area contributed by atoms with Gasteiger partial charge in [-0.1, -0.05) is 5.70 Å². The monoisotopic (exact) mass is 304 g/mol. The predicted octanol–water partition coefficient (Wildman–Crippen LogP) is 1.72. The lowest BCUT2D eigenvalue weighted by atomic mass is 11.2. The van der Waals surface area contributed by atoms with Gasteiger partial charge in [0.05, 0.1) is 0 Å². The van der Waals surface area contributed by atoms with Gasteiger partial charge in [-0.05, 0) is 76.0 Å². The Bertz CT molecular complexity index is 245. The Balaban J connectivity index is 0. The average Bonchev–Trinajstić information content (AvgIpc) is 2.27. The first-order valence-electron chi connectivity index (χ1n) is 6.67. The molecule has 0 aliphatic heterocycles. The largest absolute Gasteiger partial charge is 0.317 e. The molecule has 0 N–H and O–H groups in total. The van der Waals surface area contributed by atoms with Crippen LogP contribution in [0.25, 0.3) is 0 Å². The van der Waals surface area contributed by atoms with Gasteiger partial charge in [-0.2, -0.15) is 0 Å². The van der Waals surface area contributed by atoms with Crippen LogP contribution in [-0.4, -0.2) is 91.4 Å². The highest BCUT2D eigenvalue weighted by atomic mass is 28.4. The normalized spacial score (nSPS) is 13.0. The maximum absolute atomic E-state index is 3.85. The zero-order valence-corrected chi connectivity index (χ0v) is 17.1. The first-order chi connectivity index (χ1) is 8.33. The Kier molecular flexibility index (Phi) is 9.35. The Hall–Kier alpha value is 0.0138. The Morgan fingerprint density at radius 3 is 0.895 bits per heavy atom. The molecule has 116 valence electrons. The summed E-state index contributed by atoms with van der Waals surface area (Å²) in [4.78, 5) is 0. The van der Waals surface area contributed by atoms with E-state index in [9.17, 15) is 0 Å². The van der Waals surface area contributed by atoms with Crippen LogP contribution in [0, 0.1) is 0 Å². The van der Waals surface area contributed by atoms with Crippen LogP contribution in [0.2, 0.25) is 19.6 Å². The maximum Gasteiger partial charge on any atom is 0.227 e. The molecule has 0 saturated carbocycles. The number of rotatable bonds is 5. The molecule has 0 aliphatic carbocycles.